The number of ether oxygens (including phenoxy) is 2. The smallest absolute Gasteiger partial charge is 0.226 e. The van der Waals surface area contributed by atoms with Crippen molar-refractivity contribution in [1.82, 2.24) is 24.7 Å². The number of nitrogens with zero attached hydrogens (tertiary/aromatic N) is 5. The Hall–Kier alpha value is -4.31. The third-order valence-corrected chi connectivity index (χ3v) is 9.42. The van der Waals surface area contributed by atoms with E-state index >= 15 is 4.39 Å². The van der Waals surface area contributed by atoms with Crippen LogP contribution >= 0.6 is 23.4 Å². The lowest BCUT2D eigenvalue weighted by atomic mass is 9.92. The normalized spacial score (nSPS) is 15.9. The second kappa shape index (κ2) is 11.2. The summed E-state index contributed by atoms with van der Waals surface area (Å²) in [6, 6.07) is 17.0. The van der Waals surface area contributed by atoms with Crippen LogP contribution in [-0.2, 0) is 11.3 Å². The third kappa shape index (κ3) is 4.60. The summed E-state index contributed by atoms with van der Waals surface area (Å²) >= 11 is 8.19. The van der Waals surface area contributed by atoms with Gasteiger partial charge in [-0.3, -0.25) is 4.98 Å². The topological polar surface area (TPSA) is 75.0 Å². The molecule has 7 nitrogen and oxygen atoms in total. The molecule has 3 aromatic heterocycles. The minimum absolute atomic E-state index is 0.0305. The molecule has 2 aliphatic rings. The molecular weight excluding hydrogens is 609 g/mol. The Morgan fingerprint density at radius 3 is 2.73 bits per heavy atom. The zero-order chi connectivity index (χ0) is 30.7. The number of pyridine rings is 1. The number of benzene rings is 3. The van der Waals surface area contributed by atoms with Crippen molar-refractivity contribution < 1.29 is 13.9 Å². The fourth-order valence-corrected chi connectivity index (χ4v) is 7.03. The van der Waals surface area contributed by atoms with Crippen molar-refractivity contribution in [3.63, 3.8) is 0 Å². The van der Waals surface area contributed by atoms with Gasteiger partial charge in [0.05, 0.1) is 33.7 Å². The van der Waals surface area contributed by atoms with Crippen molar-refractivity contribution in [3.8, 4) is 28.3 Å². The largest absolute Gasteiger partial charge is 0.472 e. The number of thioether (sulfide) groups is 1. The first-order valence-corrected chi connectivity index (χ1v) is 16.4. The highest BCUT2D eigenvalue weighted by molar-refractivity contribution is 7.98. The molecule has 45 heavy (non-hydrogen) atoms. The van der Waals surface area contributed by atoms with Gasteiger partial charge in [-0.25, -0.2) is 14.1 Å². The summed E-state index contributed by atoms with van der Waals surface area (Å²) in [4.78, 5) is 14.5. The number of hydrogen-bond donors (Lipinski definition) is 0. The van der Waals surface area contributed by atoms with E-state index in [9.17, 15) is 0 Å². The highest BCUT2D eigenvalue weighted by atomic mass is 35.5. The first-order valence-electron chi connectivity index (χ1n) is 14.7. The highest BCUT2D eigenvalue weighted by Crippen LogP contribution is 2.52. The average Bonchev–Trinajstić information content (AvgIpc) is 3.64. The van der Waals surface area contributed by atoms with Crippen LogP contribution in [0.15, 0.2) is 78.7 Å². The molecule has 1 fully saturated rings. The Kier molecular flexibility index (Phi) is 7.04. The lowest BCUT2D eigenvalue weighted by Crippen LogP contribution is -2.18. The first kappa shape index (κ1) is 28.2. The second-order valence-electron chi connectivity index (χ2n) is 11.1. The van der Waals surface area contributed by atoms with Gasteiger partial charge in [0.15, 0.2) is 11.4 Å². The van der Waals surface area contributed by atoms with E-state index in [0.717, 1.165) is 57.8 Å². The lowest BCUT2D eigenvalue weighted by molar-refractivity contribution is -0.0366. The van der Waals surface area contributed by atoms with E-state index in [4.69, 9.17) is 41.1 Å². The van der Waals surface area contributed by atoms with Gasteiger partial charge in [-0.05, 0) is 54.7 Å². The van der Waals surface area contributed by atoms with Crippen molar-refractivity contribution in [2.75, 3.05) is 12.9 Å². The Balaban J connectivity index is 1.36. The van der Waals surface area contributed by atoms with Gasteiger partial charge in [-0.1, -0.05) is 66.3 Å². The van der Waals surface area contributed by atoms with E-state index in [1.807, 2.05) is 53.4 Å². The van der Waals surface area contributed by atoms with Crippen molar-refractivity contribution in [2.45, 2.75) is 37.3 Å². The Morgan fingerprint density at radius 1 is 1.07 bits per heavy atom. The van der Waals surface area contributed by atoms with Crippen molar-refractivity contribution in [2.24, 2.45) is 0 Å². The standard InChI is InChI=1S/C35H27ClFN5O2S/c1-19-27-22(30-32(19)40-35(45-2)41-34(30)44-18-20-8-4-3-5-9-20)13-14-38-33(27)29-23-17-39-42(26-10-6-7-15-43-26)25(23)16-21-11-12-24(37)31(36)28(21)29/h3-5,8-9,11-14,16-17,26H,1,6-7,10,15,18H2,2H3. The van der Waals surface area contributed by atoms with Crippen molar-refractivity contribution >= 4 is 50.6 Å². The highest BCUT2D eigenvalue weighted by Gasteiger charge is 2.34. The Morgan fingerprint density at radius 2 is 1.93 bits per heavy atom. The van der Waals surface area contributed by atoms with Gasteiger partial charge < -0.3 is 9.47 Å². The molecule has 0 spiro atoms. The maximum absolute atomic E-state index is 15.1. The zero-order valence-electron chi connectivity index (χ0n) is 24.4. The molecule has 10 heteroatoms. The number of fused-ring (bicyclic) bond motifs is 5. The summed E-state index contributed by atoms with van der Waals surface area (Å²) in [6.45, 7) is 5.52. The SMILES string of the molecule is C=C1c2nc(SC)nc(OCc3ccccc3)c2-c2ccnc(-c3c4cnn(C5CCCCO5)c4cc4ccc(F)c(Cl)c34)c21. The Labute approximate surface area is 268 Å². The van der Waals surface area contributed by atoms with Gasteiger partial charge in [0.25, 0.3) is 0 Å². The molecular formula is C35H27ClFN5O2S. The van der Waals surface area contributed by atoms with E-state index in [-0.39, 0.29) is 11.3 Å². The van der Waals surface area contributed by atoms with Gasteiger partial charge in [0.1, 0.15) is 12.4 Å². The number of hydrogen-bond acceptors (Lipinski definition) is 7. The van der Waals surface area contributed by atoms with Crippen LogP contribution in [0.3, 0.4) is 0 Å². The van der Waals surface area contributed by atoms with E-state index in [1.54, 1.807) is 18.5 Å². The molecule has 4 heterocycles. The minimum Gasteiger partial charge on any atom is -0.472 e. The molecule has 0 saturated carbocycles. The van der Waals surface area contributed by atoms with Crippen molar-refractivity contribution in [1.29, 1.82) is 0 Å². The van der Waals surface area contributed by atoms with Crippen LogP contribution < -0.4 is 4.74 Å². The molecule has 8 rings (SSSR count). The monoisotopic (exact) mass is 635 g/mol. The van der Waals surface area contributed by atoms with E-state index in [1.165, 1.54) is 17.8 Å². The first-order chi connectivity index (χ1) is 22.0. The Bertz CT molecular complexity index is 2150. The molecule has 3 aromatic carbocycles. The second-order valence-corrected chi connectivity index (χ2v) is 12.3. The fraction of sp³-hybridized carbons (Fsp3) is 0.200. The molecule has 1 atom stereocenters. The molecule has 0 N–H and O–H groups in total. The zero-order valence-corrected chi connectivity index (χ0v) is 26.0. The van der Waals surface area contributed by atoms with Crippen LogP contribution in [0.4, 0.5) is 4.39 Å². The van der Waals surface area contributed by atoms with Gasteiger partial charge in [-0.2, -0.15) is 10.1 Å². The number of aromatic nitrogens is 5. The summed E-state index contributed by atoms with van der Waals surface area (Å²) in [7, 11) is 0. The van der Waals surface area contributed by atoms with Crippen LogP contribution in [0.5, 0.6) is 5.88 Å². The van der Waals surface area contributed by atoms with Crippen LogP contribution in [0.1, 0.15) is 42.3 Å². The third-order valence-electron chi connectivity index (χ3n) is 8.50. The number of rotatable bonds is 6. The maximum Gasteiger partial charge on any atom is 0.226 e. The molecule has 0 radical (unpaired) electrons. The van der Waals surface area contributed by atoms with Gasteiger partial charge in [0, 0.05) is 45.8 Å². The summed E-state index contributed by atoms with van der Waals surface area (Å²) in [6.07, 6.45) is 8.24. The lowest BCUT2D eigenvalue weighted by Gasteiger charge is -2.24. The molecule has 0 bridgehead atoms. The summed E-state index contributed by atoms with van der Waals surface area (Å²) in [5, 5.41) is 7.52. The van der Waals surface area contributed by atoms with Crippen LogP contribution in [0.25, 0.3) is 49.6 Å². The quantitative estimate of drug-likeness (QED) is 0.133. The maximum atomic E-state index is 15.1. The van der Waals surface area contributed by atoms with Gasteiger partial charge in [-0.15, -0.1) is 0 Å². The van der Waals surface area contributed by atoms with E-state index < -0.39 is 5.82 Å². The molecule has 0 amide bonds. The molecule has 1 aliphatic heterocycles. The molecule has 1 aliphatic carbocycles. The minimum atomic E-state index is -0.505. The average molecular weight is 636 g/mol. The van der Waals surface area contributed by atoms with Crippen LogP contribution in [0.2, 0.25) is 5.02 Å². The van der Waals surface area contributed by atoms with E-state index in [0.29, 0.717) is 52.2 Å². The van der Waals surface area contributed by atoms with Gasteiger partial charge in [0.2, 0.25) is 5.88 Å². The van der Waals surface area contributed by atoms with Gasteiger partial charge >= 0.3 is 0 Å². The summed E-state index contributed by atoms with van der Waals surface area (Å²) in [5.41, 5.74) is 6.94. The predicted molar refractivity (Wildman–Crippen MR) is 176 cm³/mol. The van der Waals surface area contributed by atoms with E-state index in [2.05, 4.69) is 6.58 Å². The number of halogens is 2. The molecule has 224 valence electrons. The van der Waals surface area contributed by atoms with Crippen molar-refractivity contribution in [3.05, 3.63) is 101 Å². The van der Waals surface area contributed by atoms with Crippen LogP contribution in [0, 0.1) is 5.82 Å². The summed E-state index contributed by atoms with van der Waals surface area (Å²) in [5.74, 6) is -0.0331. The summed E-state index contributed by atoms with van der Waals surface area (Å²) < 4.78 is 29.5. The van der Waals surface area contributed by atoms with Crippen LogP contribution in [-0.4, -0.2) is 37.6 Å². The molecule has 6 aromatic rings. The fourth-order valence-electron chi connectivity index (χ4n) is 6.41. The predicted octanol–water partition coefficient (Wildman–Crippen LogP) is 8.88. The molecule has 1 saturated heterocycles. The molecule has 1 unspecified atom stereocenters.